The summed E-state index contributed by atoms with van der Waals surface area (Å²) in [4.78, 5) is 24.6. The van der Waals surface area contributed by atoms with Gasteiger partial charge >= 0.3 is 5.97 Å². The Morgan fingerprint density at radius 1 is 0.734 bits per heavy atom. The lowest BCUT2D eigenvalue weighted by Crippen LogP contribution is -2.67. The summed E-state index contributed by atoms with van der Waals surface area (Å²) in [6, 6.07) is 34.0. The molecule has 64 heavy (non-hydrogen) atoms. The standard InChI is InChI=1S/C51H67NO11Si/c1-37(48(60-35-56-8)39(3)33-62-64(51(5,6)7,45-17-13-11-14-18-45)46-19-15-12-16-20-46)21-30-47(63-50(53)42-24-26-43(27-25-42)52(54)55)40(4)49(61-36-57-9)38(2)31-32-59-34-41-22-28-44(58-10)29-23-41/h11-20,22-29,37-40,47-49H,31-36H2,1-10H3/t37-,38+,39+,40-,47+,48-,49+/m0/s1. The molecule has 0 radical (unpaired) electrons. The minimum Gasteiger partial charge on any atom is -0.497 e. The Balaban J connectivity index is 1.63. The van der Waals surface area contributed by atoms with E-state index in [1.54, 1.807) is 21.3 Å². The number of nitrogens with zero attached hydrogens (tertiary/aromatic N) is 1. The molecule has 0 aliphatic heterocycles. The average Bonchev–Trinajstić information content (AvgIpc) is 3.29. The van der Waals surface area contributed by atoms with Crippen LogP contribution in [0.25, 0.3) is 0 Å². The molecule has 0 fully saturated rings. The maximum absolute atomic E-state index is 13.7. The predicted octanol–water partition coefficient (Wildman–Crippen LogP) is 8.84. The first-order valence-electron chi connectivity index (χ1n) is 21.8. The molecule has 0 aromatic heterocycles. The van der Waals surface area contributed by atoms with Crippen molar-refractivity contribution in [2.75, 3.05) is 48.1 Å². The molecule has 0 bridgehead atoms. The van der Waals surface area contributed by atoms with Crippen LogP contribution in [0.3, 0.4) is 0 Å². The van der Waals surface area contributed by atoms with Gasteiger partial charge in [0.2, 0.25) is 0 Å². The minimum atomic E-state index is -2.86. The van der Waals surface area contributed by atoms with Gasteiger partial charge in [0, 0.05) is 57.3 Å². The van der Waals surface area contributed by atoms with Gasteiger partial charge in [-0.05, 0) is 64.5 Å². The summed E-state index contributed by atoms with van der Waals surface area (Å²) in [6.45, 7) is 16.1. The topological polar surface area (TPSA) is 134 Å². The molecular weight excluding hydrogens is 831 g/mol. The van der Waals surface area contributed by atoms with Gasteiger partial charge in [-0.3, -0.25) is 10.1 Å². The summed E-state index contributed by atoms with van der Waals surface area (Å²) >= 11 is 0. The largest absolute Gasteiger partial charge is 0.497 e. The van der Waals surface area contributed by atoms with Crippen molar-refractivity contribution in [3.05, 3.63) is 130 Å². The van der Waals surface area contributed by atoms with Crippen molar-refractivity contribution in [3.8, 4) is 17.6 Å². The highest BCUT2D eigenvalue weighted by Crippen LogP contribution is 2.37. The molecule has 346 valence electrons. The van der Waals surface area contributed by atoms with Crippen molar-refractivity contribution in [2.45, 2.75) is 84.8 Å². The molecule has 0 aliphatic carbocycles. The quantitative estimate of drug-likeness (QED) is 0.0120. The molecule has 0 unspecified atom stereocenters. The van der Waals surface area contributed by atoms with Crippen molar-refractivity contribution in [1.82, 2.24) is 0 Å². The lowest BCUT2D eigenvalue weighted by molar-refractivity contribution is -0.384. The number of hydrogen-bond acceptors (Lipinski definition) is 11. The molecule has 4 rings (SSSR count). The smallest absolute Gasteiger partial charge is 0.339 e. The molecule has 0 spiro atoms. The van der Waals surface area contributed by atoms with Gasteiger partial charge in [0.1, 0.15) is 19.3 Å². The van der Waals surface area contributed by atoms with E-state index in [0.717, 1.165) is 11.3 Å². The van der Waals surface area contributed by atoms with Crippen molar-refractivity contribution >= 4 is 30.3 Å². The number of nitro benzene ring substituents is 1. The van der Waals surface area contributed by atoms with Crippen LogP contribution in [0.2, 0.25) is 5.04 Å². The van der Waals surface area contributed by atoms with Crippen LogP contribution in [-0.4, -0.2) is 85.7 Å². The van der Waals surface area contributed by atoms with E-state index < -0.39 is 43.4 Å². The number of hydrogen-bond donors (Lipinski definition) is 0. The van der Waals surface area contributed by atoms with Crippen molar-refractivity contribution in [1.29, 1.82) is 0 Å². The van der Waals surface area contributed by atoms with Crippen molar-refractivity contribution in [3.63, 3.8) is 0 Å². The van der Waals surface area contributed by atoms with Crippen molar-refractivity contribution in [2.24, 2.45) is 23.7 Å². The number of esters is 1. The van der Waals surface area contributed by atoms with Crippen LogP contribution >= 0.6 is 0 Å². The van der Waals surface area contributed by atoms with E-state index in [4.69, 9.17) is 37.6 Å². The summed E-state index contributed by atoms with van der Waals surface area (Å²) in [7, 11) is 1.91. The zero-order chi connectivity index (χ0) is 46.7. The van der Waals surface area contributed by atoms with E-state index in [-0.39, 0.29) is 47.6 Å². The third kappa shape index (κ3) is 14.3. The molecule has 0 N–H and O–H groups in total. The Morgan fingerprint density at radius 3 is 1.81 bits per heavy atom. The molecule has 0 amide bonds. The van der Waals surface area contributed by atoms with Gasteiger partial charge in [-0.1, -0.05) is 126 Å². The van der Waals surface area contributed by atoms with Gasteiger partial charge in [-0.2, -0.15) is 0 Å². The molecule has 0 heterocycles. The molecule has 12 nitrogen and oxygen atoms in total. The SMILES string of the molecule is COCO[C@H]([C@H](C)CO[Si](c1ccccc1)(c1ccccc1)C(C)(C)C)[C@@H](C)C#C[C@@H](OC(=O)c1ccc([N+](=O)[O-])cc1)[C@H](C)[C@H](OCOC)[C@H](C)CCOCc1ccc(OC)cc1. The van der Waals surface area contributed by atoms with Crippen LogP contribution in [0, 0.1) is 45.6 Å². The third-order valence-electron chi connectivity index (χ3n) is 11.5. The molecular formula is C51H67NO11Si. The highest BCUT2D eigenvalue weighted by molar-refractivity contribution is 6.99. The van der Waals surface area contributed by atoms with E-state index in [2.05, 4.69) is 95.0 Å². The number of benzene rings is 4. The summed E-state index contributed by atoms with van der Waals surface area (Å²) in [5, 5.41) is 13.5. The second-order valence-electron chi connectivity index (χ2n) is 17.3. The minimum absolute atomic E-state index is 0.00861. The van der Waals surface area contributed by atoms with E-state index in [1.807, 2.05) is 50.2 Å². The number of methoxy groups -OCH3 is 3. The lowest BCUT2D eigenvalue weighted by atomic mass is 9.87. The van der Waals surface area contributed by atoms with Gasteiger partial charge < -0.3 is 37.6 Å². The van der Waals surface area contributed by atoms with Crippen LogP contribution in [-0.2, 0) is 39.5 Å². The Kier molecular flexibility index (Phi) is 20.6. The van der Waals surface area contributed by atoms with Gasteiger partial charge in [-0.25, -0.2) is 4.79 Å². The number of rotatable bonds is 25. The van der Waals surface area contributed by atoms with Crippen LogP contribution in [0.4, 0.5) is 5.69 Å². The third-order valence-corrected chi connectivity index (χ3v) is 16.5. The fraction of sp³-hybridized carbons (Fsp3) is 0.471. The monoisotopic (exact) mass is 897 g/mol. The normalized spacial score (nSPS) is 15.1. The van der Waals surface area contributed by atoms with Crippen LogP contribution < -0.4 is 15.1 Å². The second kappa shape index (κ2) is 25.5. The fourth-order valence-corrected chi connectivity index (χ4v) is 12.7. The molecule has 7 atom stereocenters. The zero-order valence-electron chi connectivity index (χ0n) is 39.1. The number of nitro groups is 1. The lowest BCUT2D eigenvalue weighted by Gasteiger charge is -2.44. The highest BCUT2D eigenvalue weighted by Gasteiger charge is 2.50. The van der Waals surface area contributed by atoms with Gasteiger partial charge in [-0.15, -0.1) is 0 Å². The number of ether oxygens (including phenoxy) is 7. The Hall–Kier alpha value is -4.91. The summed E-state index contributed by atoms with van der Waals surface area (Å²) in [5.74, 6) is 5.76. The first-order valence-corrected chi connectivity index (χ1v) is 23.7. The summed E-state index contributed by atoms with van der Waals surface area (Å²) in [6.07, 6.45) is -1.23. The maximum atomic E-state index is 13.7. The molecule has 4 aromatic rings. The maximum Gasteiger partial charge on any atom is 0.339 e. The van der Waals surface area contributed by atoms with E-state index in [9.17, 15) is 14.9 Å². The summed E-state index contributed by atoms with van der Waals surface area (Å²) in [5.41, 5.74) is 1.04. The molecule has 0 saturated carbocycles. The van der Waals surface area contributed by atoms with Crippen molar-refractivity contribution < 1.29 is 47.3 Å². The average molecular weight is 898 g/mol. The molecule has 0 saturated heterocycles. The second-order valence-corrected chi connectivity index (χ2v) is 21.6. The van der Waals surface area contributed by atoms with Crippen LogP contribution in [0.15, 0.2) is 109 Å². The first kappa shape index (κ1) is 51.7. The fourth-order valence-electron chi connectivity index (χ4n) is 8.03. The zero-order valence-corrected chi connectivity index (χ0v) is 40.1. The first-order chi connectivity index (χ1) is 30.7. The number of carbonyl (C=O) groups is 1. The van der Waals surface area contributed by atoms with Crippen LogP contribution in [0.1, 0.15) is 70.8 Å². The van der Waals surface area contributed by atoms with E-state index in [0.29, 0.717) is 26.2 Å². The molecule has 4 aromatic carbocycles. The Bertz CT molecular complexity index is 2010. The van der Waals surface area contributed by atoms with E-state index in [1.165, 1.54) is 34.6 Å². The Labute approximate surface area is 381 Å². The molecule has 13 heteroatoms. The molecule has 0 aliphatic rings. The van der Waals surface area contributed by atoms with Gasteiger partial charge in [0.05, 0.1) is 36.4 Å². The van der Waals surface area contributed by atoms with E-state index >= 15 is 0 Å². The predicted molar refractivity (Wildman–Crippen MR) is 251 cm³/mol. The number of non-ortho nitro benzene ring substituents is 1. The number of carbonyl (C=O) groups excluding carboxylic acids is 1. The van der Waals surface area contributed by atoms with Crippen LogP contribution in [0.5, 0.6) is 5.75 Å². The Morgan fingerprint density at radius 2 is 1.30 bits per heavy atom. The highest BCUT2D eigenvalue weighted by atomic mass is 28.4. The summed E-state index contributed by atoms with van der Waals surface area (Å²) < 4.78 is 48.3. The van der Waals surface area contributed by atoms with Gasteiger partial charge in [0.15, 0.2) is 6.10 Å². The van der Waals surface area contributed by atoms with Gasteiger partial charge in [0.25, 0.3) is 14.0 Å².